The van der Waals surface area contributed by atoms with Crippen molar-refractivity contribution in [3.8, 4) is 11.5 Å². The second-order valence-corrected chi connectivity index (χ2v) is 15.7. The molecule has 10 heteroatoms. The van der Waals surface area contributed by atoms with Crippen LogP contribution in [-0.4, -0.2) is 42.0 Å². The lowest BCUT2D eigenvalue weighted by atomic mass is 10.0. The molecule has 258 valence electrons. The number of hydrogen-bond donors (Lipinski definition) is 1. The Labute approximate surface area is 283 Å². The Kier molecular flexibility index (Phi) is 15.8. The van der Waals surface area contributed by atoms with Crippen LogP contribution in [0.2, 0.25) is 0 Å². The minimum Gasteiger partial charge on any atom is -0.490 e. The zero-order valence-electron chi connectivity index (χ0n) is 28.5. The van der Waals surface area contributed by atoms with Crippen molar-refractivity contribution in [1.29, 1.82) is 0 Å². The van der Waals surface area contributed by atoms with Crippen LogP contribution in [0, 0.1) is 6.92 Å². The molecule has 3 aromatic rings. The lowest BCUT2D eigenvalue weighted by Crippen LogP contribution is -2.21. The fourth-order valence-corrected chi connectivity index (χ4v) is 6.49. The summed E-state index contributed by atoms with van der Waals surface area (Å²) in [5, 5.41) is 4.38. The number of unbranched alkanes of at least 4 members (excludes halogenated alkanes) is 10. The largest absolute Gasteiger partial charge is 0.490 e. The van der Waals surface area contributed by atoms with Gasteiger partial charge in [-0.15, -0.1) is 0 Å². The van der Waals surface area contributed by atoms with Crippen LogP contribution in [0.3, 0.4) is 0 Å². The number of aryl methyl sites for hydroxylation is 1. The van der Waals surface area contributed by atoms with Crippen LogP contribution in [0.1, 0.15) is 108 Å². The van der Waals surface area contributed by atoms with Crippen LogP contribution in [0.15, 0.2) is 81.6 Å². The van der Waals surface area contributed by atoms with E-state index >= 15 is 0 Å². The molecule has 0 aromatic heterocycles. The van der Waals surface area contributed by atoms with Gasteiger partial charge in [-0.2, -0.15) is 18.4 Å². The van der Waals surface area contributed by atoms with Crippen LogP contribution in [0.25, 0.3) is 0 Å². The SMILES string of the molecule is CCCCCCCCOc1ccc(/C(=N\NS(=O)(=O)c2ccc(C)cc2)c2ccc(S(C)(=O)=O)cc2)cc1OCCCCCCCC. The third-order valence-electron chi connectivity index (χ3n) is 7.89. The molecule has 0 atom stereocenters. The van der Waals surface area contributed by atoms with Gasteiger partial charge in [0.1, 0.15) is 0 Å². The molecule has 0 amide bonds. The molecule has 0 radical (unpaired) electrons. The maximum Gasteiger partial charge on any atom is 0.276 e. The summed E-state index contributed by atoms with van der Waals surface area (Å²) in [6, 6.07) is 18.2. The summed E-state index contributed by atoms with van der Waals surface area (Å²) in [7, 11) is -7.40. The minimum atomic E-state index is -3.98. The Morgan fingerprint density at radius 3 is 1.66 bits per heavy atom. The van der Waals surface area contributed by atoms with E-state index in [0.717, 1.165) is 37.5 Å². The van der Waals surface area contributed by atoms with Gasteiger partial charge in [0, 0.05) is 17.4 Å². The Morgan fingerprint density at radius 1 is 0.617 bits per heavy atom. The van der Waals surface area contributed by atoms with E-state index in [0.29, 0.717) is 41.6 Å². The van der Waals surface area contributed by atoms with E-state index in [-0.39, 0.29) is 9.79 Å². The molecule has 0 bridgehead atoms. The fraction of sp³-hybridized carbons (Fsp3) is 0.486. The van der Waals surface area contributed by atoms with E-state index in [2.05, 4.69) is 23.8 Å². The molecule has 1 N–H and O–H groups in total. The van der Waals surface area contributed by atoms with Gasteiger partial charge >= 0.3 is 0 Å². The zero-order chi connectivity index (χ0) is 34.1. The molecular weight excluding hydrogens is 633 g/mol. The summed E-state index contributed by atoms with van der Waals surface area (Å²) in [5.74, 6) is 1.18. The van der Waals surface area contributed by atoms with Crippen molar-refractivity contribution >= 4 is 25.6 Å². The smallest absolute Gasteiger partial charge is 0.276 e. The number of hydrazone groups is 1. The van der Waals surface area contributed by atoms with Crippen molar-refractivity contribution in [3.63, 3.8) is 0 Å². The van der Waals surface area contributed by atoms with Gasteiger partial charge in [-0.3, -0.25) is 0 Å². The molecule has 0 aliphatic carbocycles. The molecule has 8 nitrogen and oxygen atoms in total. The molecule has 0 aliphatic heterocycles. The molecule has 0 aliphatic rings. The van der Waals surface area contributed by atoms with Crippen LogP contribution in [0.5, 0.6) is 11.5 Å². The van der Waals surface area contributed by atoms with Gasteiger partial charge < -0.3 is 9.47 Å². The topological polar surface area (TPSA) is 111 Å². The molecule has 0 heterocycles. The van der Waals surface area contributed by atoms with Crippen molar-refractivity contribution in [2.45, 2.75) is 108 Å². The Balaban J connectivity index is 1.92. The number of rotatable bonds is 22. The highest BCUT2D eigenvalue weighted by molar-refractivity contribution is 7.90. The van der Waals surface area contributed by atoms with Crippen molar-refractivity contribution in [1.82, 2.24) is 4.83 Å². The first-order chi connectivity index (χ1) is 22.5. The predicted molar refractivity (Wildman–Crippen MR) is 191 cm³/mol. The third-order valence-corrected chi connectivity index (χ3v) is 10.2. The number of hydrogen-bond acceptors (Lipinski definition) is 7. The molecule has 3 rings (SSSR count). The average Bonchev–Trinajstić information content (AvgIpc) is 3.04. The highest BCUT2D eigenvalue weighted by atomic mass is 32.2. The van der Waals surface area contributed by atoms with E-state index in [9.17, 15) is 16.8 Å². The Morgan fingerprint density at radius 2 is 1.11 bits per heavy atom. The fourth-order valence-electron chi connectivity index (χ4n) is 5.05. The number of nitrogens with zero attached hydrogens (tertiary/aromatic N) is 1. The third kappa shape index (κ3) is 13.0. The number of sulfone groups is 1. The lowest BCUT2D eigenvalue weighted by Gasteiger charge is -2.16. The summed E-state index contributed by atoms with van der Waals surface area (Å²) >= 11 is 0. The summed E-state index contributed by atoms with van der Waals surface area (Å²) in [5.41, 5.74) is 2.37. The second-order valence-electron chi connectivity index (χ2n) is 12.1. The van der Waals surface area contributed by atoms with Crippen molar-refractivity contribution in [2.75, 3.05) is 19.5 Å². The van der Waals surface area contributed by atoms with Crippen LogP contribution >= 0.6 is 0 Å². The maximum atomic E-state index is 13.2. The molecule has 0 spiro atoms. The molecule has 0 fully saturated rings. The minimum absolute atomic E-state index is 0.0834. The zero-order valence-corrected chi connectivity index (χ0v) is 30.1. The van der Waals surface area contributed by atoms with E-state index in [1.807, 2.05) is 25.1 Å². The van der Waals surface area contributed by atoms with E-state index < -0.39 is 19.9 Å². The highest BCUT2D eigenvalue weighted by Gasteiger charge is 2.18. The van der Waals surface area contributed by atoms with E-state index in [1.165, 1.54) is 75.6 Å². The Hall–Kier alpha value is -3.37. The van der Waals surface area contributed by atoms with Crippen LogP contribution in [0.4, 0.5) is 0 Å². The van der Waals surface area contributed by atoms with Crippen molar-refractivity contribution in [3.05, 3.63) is 83.4 Å². The normalized spacial score (nSPS) is 12.2. The van der Waals surface area contributed by atoms with Crippen LogP contribution in [-0.2, 0) is 19.9 Å². The van der Waals surface area contributed by atoms with Gasteiger partial charge in [0.25, 0.3) is 10.0 Å². The average molecular weight is 685 g/mol. The molecule has 0 saturated heterocycles. The molecule has 3 aromatic carbocycles. The Bertz CT molecular complexity index is 1620. The number of benzene rings is 3. The first-order valence-electron chi connectivity index (χ1n) is 16.9. The van der Waals surface area contributed by atoms with Crippen molar-refractivity contribution in [2.24, 2.45) is 5.10 Å². The molecular formula is C37H52N2O6S2. The molecule has 0 unspecified atom stereocenters. The summed E-state index contributed by atoms with van der Waals surface area (Å²) in [4.78, 5) is 2.62. The van der Waals surface area contributed by atoms with Gasteiger partial charge in [-0.05, 0) is 62.2 Å². The summed E-state index contributed by atoms with van der Waals surface area (Å²) in [6.45, 7) is 7.39. The van der Waals surface area contributed by atoms with Crippen LogP contribution < -0.4 is 14.3 Å². The van der Waals surface area contributed by atoms with Gasteiger partial charge in [0.2, 0.25) is 0 Å². The summed E-state index contributed by atoms with van der Waals surface area (Å²) in [6.07, 6.45) is 14.9. The van der Waals surface area contributed by atoms with Crippen molar-refractivity contribution < 1.29 is 26.3 Å². The second kappa shape index (κ2) is 19.5. The van der Waals surface area contributed by atoms with E-state index in [4.69, 9.17) is 9.47 Å². The quantitative estimate of drug-likeness (QED) is 0.0645. The number of sulfonamides is 1. The predicted octanol–water partition coefficient (Wildman–Crippen LogP) is 8.61. The number of ether oxygens (including phenoxy) is 2. The highest BCUT2D eigenvalue weighted by Crippen LogP contribution is 2.31. The van der Waals surface area contributed by atoms with Gasteiger partial charge in [0.05, 0.1) is 28.7 Å². The molecule has 0 saturated carbocycles. The van der Waals surface area contributed by atoms with E-state index in [1.54, 1.807) is 24.3 Å². The lowest BCUT2D eigenvalue weighted by molar-refractivity contribution is 0.258. The first kappa shape index (κ1) is 38.1. The van der Waals surface area contributed by atoms with Gasteiger partial charge in [-0.1, -0.05) is 108 Å². The standard InChI is InChI=1S/C37H52N2O6S2/c1-5-7-9-11-13-15-27-44-35-26-21-32(29-36(35)45-28-16-14-12-10-8-6-2)37(31-19-24-33(25-20-31)46(4,40)41)38-39-47(42,43)34-22-17-30(3)18-23-34/h17-26,29,39H,5-16,27-28H2,1-4H3/b38-37-. The maximum absolute atomic E-state index is 13.2. The summed E-state index contributed by atoms with van der Waals surface area (Å²) < 4.78 is 63.1. The van der Waals surface area contributed by atoms with Gasteiger partial charge in [0.15, 0.2) is 21.3 Å². The monoisotopic (exact) mass is 684 g/mol. The first-order valence-corrected chi connectivity index (χ1v) is 20.3. The number of nitrogens with one attached hydrogen (secondary N) is 1. The molecule has 47 heavy (non-hydrogen) atoms. The van der Waals surface area contributed by atoms with Gasteiger partial charge in [-0.25, -0.2) is 8.42 Å².